The van der Waals surface area contributed by atoms with Crippen molar-refractivity contribution in [2.24, 2.45) is 52.3 Å². The molecule has 0 aromatic carbocycles. The number of halogens is 1. The molecule has 0 bridgehead atoms. The predicted molar refractivity (Wildman–Crippen MR) is 141 cm³/mol. The van der Waals surface area contributed by atoms with Crippen LogP contribution in [0.4, 0.5) is 0 Å². The lowest BCUT2D eigenvalue weighted by Gasteiger charge is -2.59. The van der Waals surface area contributed by atoms with Gasteiger partial charge < -0.3 is 5.11 Å². The van der Waals surface area contributed by atoms with Gasteiger partial charge >= 0.3 is 0 Å². The largest absolute Gasteiger partial charge is 0.393 e. The van der Waals surface area contributed by atoms with Crippen molar-refractivity contribution in [3.63, 3.8) is 0 Å². The van der Waals surface area contributed by atoms with Crippen molar-refractivity contribution in [2.75, 3.05) is 4.43 Å². The van der Waals surface area contributed by atoms with E-state index in [0.29, 0.717) is 10.8 Å². The second-order valence-electron chi connectivity index (χ2n) is 12.7. The maximum Gasteiger partial charge on any atom is 0.0577 e. The molecular weight excluding hydrogens is 491 g/mol. The standard InChI is InChI=1S/C29H49IO/c1-6-21(19(2)3)8-7-20(4)25-11-12-26-24-10-9-22-17-23(31)13-16-29(22,18-30)27(24)14-15-28(25,26)5/h9,19-21,23-27,31H,6-8,10-18H2,1-5H3/t20-,21+,23+,24+,25-,26+,27+,28-,29-/m1/s1. The molecule has 1 nitrogen and oxygen atoms in total. The van der Waals surface area contributed by atoms with Gasteiger partial charge in [-0.1, -0.05) is 81.7 Å². The molecule has 3 saturated carbocycles. The van der Waals surface area contributed by atoms with Gasteiger partial charge in [-0.3, -0.25) is 0 Å². The second kappa shape index (κ2) is 9.59. The molecule has 0 amide bonds. The van der Waals surface area contributed by atoms with Crippen molar-refractivity contribution >= 4 is 22.6 Å². The van der Waals surface area contributed by atoms with E-state index in [1.165, 1.54) is 62.2 Å². The van der Waals surface area contributed by atoms with E-state index in [9.17, 15) is 5.11 Å². The quantitative estimate of drug-likeness (QED) is 0.195. The van der Waals surface area contributed by atoms with Crippen LogP contribution in [0.15, 0.2) is 11.6 Å². The average molecular weight is 541 g/mol. The summed E-state index contributed by atoms with van der Waals surface area (Å²) >= 11 is 2.69. The Bertz CT molecular complexity index is 655. The lowest BCUT2D eigenvalue weighted by atomic mass is 9.47. The van der Waals surface area contributed by atoms with Gasteiger partial charge in [-0.2, -0.15) is 0 Å². The van der Waals surface area contributed by atoms with Gasteiger partial charge in [0.25, 0.3) is 0 Å². The number of allylic oxidation sites excluding steroid dienone is 1. The number of aliphatic hydroxyl groups is 1. The molecule has 4 rings (SSSR count). The van der Waals surface area contributed by atoms with Crippen molar-refractivity contribution in [1.29, 1.82) is 0 Å². The van der Waals surface area contributed by atoms with Gasteiger partial charge in [0.1, 0.15) is 0 Å². The molecule has 0 spiro atoms. The van der Waals surface area contributed by atoms with Crippen LogP contribution < -0.4 is 0 Å². The van der Waals surface area contributed by atoms with Crippen LogP contribution in [0.5, 0.6) is 0 Å². The van der Waals surface area contributed by atoms with Crippen LogP contribution in [0.3, 0.4) is 0 Å². The molecule has 0 radical (unpaired) electrons. The molecule has 0 heterocycles. The van der Waals surface area contributed by atoms with E-state index in [0.717, 1.165) is 54.3 Å². The van der Waals surface area contributed by atoms with E-state index in [-0.39, 0.29) is 6.10 Å². The van der Waals surface area contributed by atoms with Crippen LogP contribution in [0.1, 0.15) is 105 Å². The summed E-state index contributed by atoms with van der Waals surface area (Å²) in [5.41, 5.74) is 2.64. The van der Waals surface area contributed by atoms with E-state index >= 15 is 0 Å². The Morgan fingerprint density at radius 2 is 1.84 bits per heavy atom. The summed E-state index contributed by atoms with van der Waals surface area (Å²) in [5.74, 6) is 6.31. The Morgan fingerprint density at radius 1 is 1.06 bits per heavy atom. The number of alkyl halides is 1. The third kappa shape index (κ3) is 4.21. The van der Waals surface area contributed by atoms with Gasteiger partial charge in [-0.15, -0.1) is 0 Å². The van der Waals surface area contributed by atoms with Crippen LogP contribution in [-0.2, 0) is 0 Å². The first-order valence-corrected chi connectivity index (χ1v) is 15.2. The van der Waals surface area contributed by atoms with E-state index in [1.807, 2.05) is 0 Å². The van der Waals surface area contributed by atoms with Gasteiger partial charge in [0.05, 0.1) is 6.10 Å². The van der Waals surface area contributed by atoms with E-state index < -0.39 is 0 Å². The molecule has 4 aliphatic carbocycles. The second-order valence-corrected chi connectivity index (χ2v) is 13.5. The van der Waals surface area contributed by atoms with Gasteiger partial charge in [0.15, 0.2) is 0 Å². The molecular formula is C29H49IO. The first-order chi connectivity index (χ1) is 14.8. The highest BCUT2D eigenvalue weighted by Crippen LogP contribution is 2.67. The molecule has 178 valence electrons. The molecule has 1 N–H and O–H groups in total. The zero-order valence-corrected chi connectivity index (χ0v) is 23.2. The Labute approximate surface area is 206 Å². The molecule has 4 aliphatic rings. The molecule has 0 unspecified atom stereocenters. The zero-order valence-electron chi connectivity index (χ0n) is 21.0. The van der Waals surface area contributed by atoms with Crippen LogP contribution in [0, 0.1) is 52.3 Å². The zero-order chi connectivity index (χ0) is 22.4. The molecule has 0 aromatic rings. The van der Waals surface area contributed by atoms with Crippen molar-refractivity contribution in [3.05, 3.63) is 11.6 Å². The van der Waals surface area contributed by atoms with Gasteiger partial charge in [0.2, 0.25) is 0 Å². The summed E-state index contributed by atoms with van der Waals surface area (Å²) in [4.78, 5) is 0. The fourth-order valence-corrected chi connectivity index (χ4v) is 10.8. The van der Waals surface area contributed by atoms with Crippen LogP contribution >= 0.6 is 22.6 Å². The summed E-state index contributed by atoms with van der Waals surface area (Å²) in [7, 11) is 0. The number of aliphatic hydroxyl groups excluding tert-OH is 1. The molecule has 0 aliphatic heterocycles. The van der Waals surface area contributed by atoms with Crippen molar-refractivity contribution in [3.8, 4) is 0 Å². The maximum atomic E-state index is 10.3. The Morgan fingerprint density at radius 3 is 2.52 bits per heavy atom. The highest BCUT2D eigenvalue weighted by atomic mass is 127. The van der Waals surface area contributed by atoms with Gasteiger partial charge in [-0.25, -0.2) is 0 Å². The Kier molecular flexibility index (Phi) is 7.59. The van der Waals surface area contributed by atoms with Crippen LogP contribution in [0.2, 0.25) is 0 Å². The highest BCUT2D eigenvalue weighted by molar-refractivity contribution is 14.1. The third-order valence-corrected chi connectivity index (χ3v) is 12.6. The topological polar surface area (TPSA) is 20.2 Å². The molecule has 31 heavy (non-hydrogen) atoms. The van der Waals surface area contributed by atoms with E-state index in [1.54, 1.807) is 5.57 Å². The van der Waals surface area contributed by atoms with Gasteiger partial charge in [-0.05, 0) is 105 Å². The minimum atomic E-state index is -0.0813. The molecule has 2 heteroatoms. The maximum absolute atomic E-state index is 10.3. The lowest BCUT2D eigenvalue weighted by Crippen LogP contribution is -2.52. The average Bonchev–Trinajstić information content (AvgIpc) is 3.10. The molecule has 3 fully saturated rings. The first-order valence-electron chi connectivity index (χ1n) is 13.7. The molecule has 0 aromatic heterocycles. The summed E-state index contributed by atoms with van der Waals surface area (Å²) in [6, 6.07) is 0. The highest BCUT2D eigenvalue weighted by Gasteiger charge is 2.59. The van der Waals surface area contributed by atoms with E-state index in [2.05, 4.69) is 63.3 Å². The molecule has 9 atom stereocenters. The Balaban J connectivity index is 1.50. The van der Waals surface area contributed by atoms with E-state index in [4.69, 9.17) is 0 Å². The summed E-state index contributed by atoms with van der Waals surface area (Å²) in [6.07, 6.45) is 17.2. The number of hydrogen-bond donors (Lipinski definition) is 1. The van der Waals surface area contributed by atoms with Crippen LogP contribution in [0.25, 0.3) is 0 Å². The fraction of sp³-hybridized carbons (Fsp3) is 0.931. The van der Waals surface area contributed by atoms with Crippen LogP contribution in [-0.4, -0.2) is 15.6 Å². The van der Waals surface area contributed by atoms with Crippen molar-refractivity contribution in [1.82, 2.24) is 0 Å². The molecule has 0 saturated heterocycles. The monoisotopic (exact) mass is 540 g/mol. The normalized spacial score (nSPS) is 44.3. The summed E-state index contributed by atoms with van der Waals surface area (Å²) in [5, 5.41) is 10.3. The number of rotatable bonds is 7. The minimum Gasteiger partial charge on any atom is -0.393 e. The fourth-order valence-electron chi connectivity index (χ4n) is 9.35. The first kappa shape index (κ1) is 24.6. The lowest BCUT2D eigenvalue weighted by molar-refractivity contribution is -0.0551. The van der Waals surface area contributed by atoms with Crippen molar-refractivity contribution < 1.29 is 5.11 Å². The van der Waals surface area contributed by atoms with Gasteiger partial charge in [0, 0.05) is 9.84 Å². The SMILES string of the molecule is CC[C@@H](CC[C@@H](C)[C@H]1CC[C@H]2[C@@H]3CC=C4C[C@@H](O)CC[C@]4(CI)[C@H]3CC[C@]12C)C(C)C. The number of hydrogen-bond acceptors (Lipinski definition) is 1. The predicted octanol–water partition coefficient (Wildman–Crippen LogP) is 8.44. The smallest absolute Gasteiger partial charge is 0.0577 e. The number of fused-ring (bicyclic) bond motifs is 5. The van der Waals surface area contributed by atoms with Crippen molar-refractivity contribution in [2.45, 2.75) is 111 Å². The Hall–Kier alpha value is 0.430. The summed E-state index contributed by atoms with van der Waals surface area (Å²) < 4.78 is 1.27. The minimum absolute atomic E-state index is 0.0813. The summed E-state index contributed by atoms with van der Waals surface area (Å²) in [6.45, 7) is 12.5. The third-order valence-electron chi connectivity index (χ3n) is 11.3.